The molecule has 3 nitrogen and oxygen atoms in total. The van der Waals surface area contributed by atoms with Gasteiger partial charge in [-0.1, -0.05) is 51.9 Å². The highest BCUT2D eigenvalue weighted by Crippen LogP contribution is 2.01. The summed E-state index contributed by atoms with van der Waals surface area (Å²) >= 11 is 0. The molecule has 0 aromatic heterocycles. The van der Waals surface area contributed by atoms with Crippen LogP contribution in [-0.4, -0.2) is 18.9 Å². The molecule has 0 heterocycles. The summed E-state index contributed by atoms with van der Waals surface area (Å²) < 4.78 is 4.34. The van der Waals surface area contributed by atoms with E-state index in [9.17, 15) is 9.59 Å². The average Bonchev–Trinajstić information content (AvgIpc) is 2.43. The van der Waals surface area contributed by atoms with Gasteiger partial charge < -0.3 is 9.53 Å². The minimum atomic E-state index is -0.443. The molecular formula is C17H30O3. The third-order valence-electron chi connectivity index (χ3n) is 2.66. The second-order valence-corrected chi connectivity index (χ2v) is 4.76. The standard InChI is InChI=1S/C9H14O2.C8H16O/c1-3-4-5-6-7-8-9(10)11-2;1-3-4-5-6-7-8(2)9/h3-6H2,1-2H3;3-7H2,1-2H3. The van der Waals surface area contributed by atoms with E-state index in [2.05, 4.69) is 30.4 Å². The lowest BCUT2D eigenvalue weighted by Gasteiger charge is -1.93. The van der Waals surface area contributed by atoms with Crippen LogP contribution in [0.5, 0.6) is 0 Å². The molecular weight excluding hydrogens is 252 g/mol. The van der Waals surface area contributed by atoms with Crippen molar-refractivity contribution >= 4 is 11.8 Å². The smallest absolute Gasteiger partial charge is 0.384 e. The molecule has 0 atom stereocenters. The molecule has 0 unspecified atom stereocenters. The second kappa shape index (κ2) is 17.7. The normalized spacial score (nSPS) is 8.80. The Balaban J connectivity index is 0. The fourth-order valence-electron chi connectivity index (χ4n) is 1.45. The molecule has 0 radical (unpaired) electrons. The topological polar surface area (TPSA) is 43.4 Å². The summed E-state index contributed by atoms with van der Waals surface area (Å²) in [6.45, 7) is 5.97. The van der Waals surface area contributed by atoms with E-state index in [0.29, 0.717) is 5.78 Å². The van der Waals surface area contributed by atoms with Crippen LogP contribution >= 0.6 is 0 Å². The van der Waals surface area contributed by atoms with Gasteiger partial charge >= 0.3 is 5.97 Å². The van der Waals surface area contributed by atoms with Crippen LogP contribution in [0, 0.1) is 11.8 Å². The van der Waals surface area contributed by atoms with Crippen molar-refractivity contribution in [2.45, 2.75) is 78.6 Å². The number of esters is 1. The lowest BCUT2D eigenvalue weighted by molar-refractivity contribution is -0.133. The van der Waals surface area contributed by atoms with E-state index < -0.39 is 5.97 Å². The van der Waals surface area contributed by atoms with Crippen molar-refractivity contribution in [3.63, 3.8) is 0 Å². The molecule has 0 saturated carbocycles. The highest BCUT2D eigenvalue weighted by molar-refractivity contribution is 5.88. The molecule has 0 saturated heterocycles. The summed E-state index contributed by atoms with van der Waals surface area (Å²) in [5, 5.41) is 0. The zero-order valence-corrected chi connectivity index (χ0v) is 13.6. The Morgan fingerprint density at radius 1 is 0.950 bits per heavy atom. The third kappa shape index (κ3) is 21.9. The molecule has 116 valence electrons. The first-order valence-corrected chi connectivity index (χ1v) is 7.64. The van der Waals surface area contributed by atoms with Gasteiger partial charge in [0.25, 0.3) is 0 Å². The van der Waals surface area contributed by atoms with Crippen molar-refractivity contribution in [1.29, 1.82) is 0 Å². The van der Waals surface area contributed by atoms with Gasteiger partial charge in [-0.05, 0) is 19.8 Å². The number of ketones is 1. The van der Waals surface area contributed by atoms with Gasteiger partial charge in [0.15, 0.2) is 0 Å². The number of carbonyl (C=O) groups is 2. The van der Waals surface area contributed by atoms with Crippen LogP contribution in [0.25, 0.3) is 0 Å². The fraction of sp³-hybridized carbons (Fsp3) is 0.765. The third-order valence-corrected chi connectivity index (χ3v) is 2.66. The molecule has 0 aliphatic rings. The minimum absolute atomic E-state index is 0.325. The number of Topliss-reactive ketones (excluding diaryl/α,β-unsaturated/α-hetero) is 1. The fourth-order valence-corrected chi connectivity index (χ4v) is 1.45. The lowest BCUT2D eigenvalue weighted by Crippen LogP contribution is -1.93. The summed E-state index contributed by atoms with van der Waals surface area (Å²) in [7, 11) is 1.34. The predicted molar refractivity (Wildman–Crippen MR) is 83.4 cm³/mol. The molecule has 0 spiro atoms. The Kier molecular flexibility index (Phi) is 18.6. The molecule has 20 heavy (non-hydrogen) atoms. The van der Waals surface area contributed by atoms with Gasteiger partial charge in [-0.2, -0.15) is 0 Å². The number of hydrogen-bond acceptors (Lipinski definition) is 3. The Morgan fingerprint density at radius 2 is 1.55 bits per heavy atom. The van der Waals surface area contributed by atoms with E-state index in [1.165, 1.54) is 39.2 Å². The molecule has 0 N–H and O–H groups in total. The summed E-state index contributed by atoms with van der Waals surface area (Å²) in [4.78, 5) is 20.9. The van der Waals surface area contributed by atoms with Crippen molar-refractivity contribution in [2.24, 2.45) is 0 Å². The zero-order valence-electron chi connectivity index (χ0n) is 13.6. The molecule has 0 amide bonds. The Labute approximate surface area is 124 Å². The van der Waals surface area contributed by atoms with Gasteiger partial charge in [-0.15, -0.1) is 0 Å². The van der Waals surface area contributed by atoms with Crippen molar-refractivity contribution in [2.75, 3.05) is 7.11 Å². The largest absolute Gasteiger partial charge is 0.459 e. The van der Waals surface area contributed by atoms with Gasteiger partial charge in [-0.3, -0.25) is 0 Å². The SMILES string of the molecule is CCCCCC#CC(=O)OC.CCCCCCC(C)=O. The predicted octanol–water partition coefficient (Wildman–Crippen LogP) is 4.29. The van der Waals surface area contributed by atoms with Crippen LogP contribution in [0.3, 0.4) is 0 Å². The first-order valence-electron chi connectivity index (χ1n) is 7.64. The first-order chi connectivity index (χ1) is 9.58. The van der Waals surface area contributed by atoms with Crippen molar-refractivity contribution < 1.29 is 14.3 Å². The van der Waals surface area contributed by atoms with E-state index >= 15 is 0 Å². The van der Waals surface area contributed by atoms with E-state index in [1.54, 1.807) is 6.92 Å². The van der Waals surface area contributed by atoms with Crippen LogP contribution in [0.1, 0.15) is 78.6 Å². The number of hydrogen-bond donors (Lipinski definition) is 0. The molecule has 0 aromatic carbocycles. The number of ether oxygens (including phenoxy) is 1. The van der Waals surface area contributed by atoms with Crippen LogP contribution in [0.15, 0.2) is 0 Å². The van der Waals surface area contributed by atoms with Crippen LogP contribution in [0.4, 0.5) is 0 Å². The van der Waals surface area contributed by atoms with Gasteiger partial charge in [0.05, 0.1) is 7.11 Å². The van der Waals surface area contributed by atoms with Crippen molar-refractivity contribution in [3.8, 4) is 11.8 Å². The van der Waals surface area contributed by atoms with Crippen LogP contribution in [0.2, 0.25) is 0 Å². The van der Waals surface area contributed by atoms with Gasteiger partial charge in [0, 0.05) is 18.8 Å². The van der Waals surface area contributed by atoms with Gasteiger partial charge in [0.1, 0.15) is 5.78 Å². The minimum Gasteiger partial charge on any atom is -0.459 e. The van der Waals surface area contributed by atoms with Crippen molar-refractivity contribution in [1.82, 2.24) is 0 Å². The highest BCUT2D eigenvalue weighted by Gasteiger charge is 1.91. The lowest BCUT2D eigenvalue weighted by atomic mass is 10.1. The summed E-state index contributed by atoms with van der Waals surface area (Å²) in [6, 6.07) is 0. The maximum Gasteiger partial charge on any atom is 0.384 e. The number of carbonyl (C=O) groups excluding carboxylic acids is 2. The molecule has 0 aliphatic carbocycles. The Bertz CT molecular complexity index is 297. The van der Waals surface area contributed by atoms with Crippen molar-refractivity contribution in [3.05, 3.63) is 0 Å². The van der Waals surface area contributed by atoms with E-state index in [0.717, 1.165) is 25.7 Å². The maximum absolute atomic E-state index is 10.4. The summed E-state index contributed by atoms with van der Waals surface area (Å²) in [5.41, 5.74) is 0. The number of rotatable bonds is 8. The quantitative estimate of drug-likeness (QED) is 0.289. The molecule has 0 aromatic rings. The van der Waals surface area contributed by atoms with E-state index in [-0.39, 0.29) is 0 Å². The number of methoxy groups -OCH3 is 1. The monoisotopic (exact) mass is 282 g/mol. The Hall–Kier alpha value is -1.30. The van der Waals surface area contributed by atoms with Crippen LogP contribution in [-0.2, 0) is 14.3 Å². The highest BCUT2D eigenvalue weighted by atomic mass is 16.5. The summed E-state index contributed by atoms with van der Waals surface area (Å²) in [6.07, 6.45) is 9.82. The maximum atomic E-state index is 10.4. The number of unbranched alkanes of at least 4 members (excludes halogenated alkanes) is 6. The van der Waals surface area contributed by atoms with Crippen LogP contribution < -0.4 is 0 Å². The molecule has 0 aliphatic heterocycles. The Morgan fingerprint density at radius 3 is 2.05 bits per heavy atom. The van der Waals surface area contributed by atoms with E-state index in [1.807, 2.05) is 0 Å². The zero-order chi connectivity index (χ0) is 15.6. The second-order valence-electron chi connectivity index (χ2n) is 4.76. The molecule has 0 bridgehead atoms. The van der Waals surface area contributed by atoms with Gasteiger partial charge in [-0.25, -0.2) is 4.79 Å². The van der Waals surface area contributed by atoms with E-state index in [4.69, 9.17) is 0 Å². The first kappa shape index (κ1) is 21.0. The molecule has 3 heteroatoms. The molecule has 0 rings (SSSR count). The summed E-state index contributed by atoms with van der Waals surface area (Å²) in [5.74, 6) is 5.01. The average molecular weight is 282 g/mol. The molecule has 0 fully saturated rings. The van der Waals surface area contributed by atoms with Gasteiger partial charge in [0.2, 0.25) is 0 Å².